The topological polar surface area (TPSA) is 84.5 Å². The zero-order valence-corrected chi connectivity index (χ0v) is 14.5. The van der Waals surface area contributed by atoms with Gasteiger partial charge in [0.1, 0.15) is 5.75 Å². The third-order valence-corrected chi connectivity index (χ3v) is 4.87. The average molecular weight is 369 g/mol. The lowest BCUT2D eigenvalue weighted by atomic mass is 10.2. The molecule has 0 heterocycles. The molecule has 0 spiro atoms. The fourth-order valence-electron chi connectivity index (χ4n) is 2.00. The van der Waals surface area contributed by atoms with E-state index in [1.165, 1.54) is 25.3 Å². The monoisotopic (exact) mass is 368 g/mol. The fraction of sp³-hybridized carbons (Fsp3) is 0.188. The molecule has 0 aromatic heterocycles. The van der Waals surface area contributed by atoms with Gasteiger partial charge in [-0.25, -0.2) is 13.1 Å². The molecule has 8 heteroatoms. The highest BCUT2D eigenvalue weighted by Gasteiger charge is 2.14. The first-order valence-electron chi connectivity index (χ1n) is 7.10. The number of benzene rings is 2. The maximum Gasteiger partial charge on any atom is 0.255 e. The van der Waals surface area contributed by atoms with E-state index in [1.807, 2.05) is 0 Å². The highest BCUT2D eigenvalue weighted by atomic mass is 35.5. The van der Waals surface area contributed by atoms with E-state index in [4.69, 9.17) is 16.3 Å². The van der Waals surface area contributed by atoms with Crippen LogP contribution >= 0.6 is 11.6 Å². The number of ether oxygens (including phenoxy) is 1. The Hall–Kier alpha value is -2.09. The molecule has 0 aliphatic rings. The first-order chi connectivity index (χ1) is 11.4. The number of methoxy groups -OCH3 is 1. The second-order valence-electron chi connectivity index (χ2n) is 4.81. The molecule has 0 unspecified atom stereocenters. The number of amides is 1. The number of hydrogen-bond acceptors (Lipinski definition) is 4. The van der Waals surface area contributed by atoms with Crippen LogP contribution in [0.2, 0.25) is 5.02 Å². The van der Waals surface area contributed by atoms with Gasteiger partial charge in [0.2, 0.25) is 10.0 Å². The van der Waals surface area contributed by atoms with Crippen molar-refractivity contribution < 1.29 is 17.9 Å². The summed E-state index contributed by atoms with van der Waals surface area (Å²) >= 11 is 5.88. The van der Waals surface area contributed by atoms with Crippen LogP contribution in [0.4, 0.5) is 0 Å². The highest BCUT2D eigenvalue weighted by molar-refractivity contribution is 7.89. The number of rotatable bonds is 7. The summed E-state index contributed by atoms with van der Waals surface area (Å²) in [6.45, 7) is 0.187. The predicted octanol–water partition coefficient (Wildman–Crippen LogP) is 2.06. The lowest BCUT2D eigenvalue weighted by molar-refractivity contribution is 0.0951. The number of sulfonamides is 1. The van der Waals surface area contributed by atoms with Crippen LogP contribution in [0, 0.1) is 0 Å². The minimum atomic E-state index is -3.59. The minimum absolute atomic E-state index is 0.0614. The van der Waals surface area contributed by atoms with Crippen molar-refractivity contribution in [1.29, 1.82) is 0 Å². The molecule has 0 atom stereocenters. The van der Waals surface area contributed by atoms with E-state index < -0.39 is 15.9 Å². The number of carbonyl (C=O) groups is 1. The number of halogens is 1. The molecule has 0 saturated carbocycles. The van der Waals surface area contributed by atoms with Gasteiger partial charge in [-0.05, 0) is 30.3 Å². The first-order valence-corrected chi connectivity index (χ1v) is 8.96. The number of carbonyl (C=O) groups excluding carboxylic acids is 1. The van der Waals surface area contributed by atoms with E-state index in [9.17, 15) is 13.2 Å². The van der Waals surface area contributed by atoms with Crippen LogP contribution in [0.5, 0.6) is 5.75 Å². The summed E-state index contributed by atoms with van der Waals surface area (Å²) in [5.74, 6) is -0.00461. The summed E-state index contributed by atoms with van der Waals surface area (Å²) in [4.78, 5) is 12.3. The molecule has 0 aliphatic heterocycles. The molecule has 2 N–H and O–H groups in total. The fourth-order valence-corrected chi connectivity index (χ4v) is 3.22. The van der Waals surface area contributed by atoms with E-state index in [-0.39, 0.29) is 23.5 Å². The van der Waals surface area contributed by atoms with Crippen LogP contribution in [0.1, 0.15) is 10.4 Å². The summed E-state index contributed by atoms with van der Waals surface area (Å²) in [7, 11) is -2.14. The first kappa shape index (κ1) is 18.3. The third-order valence-electron chi connectivity index (χ3n) is 3.16. The van der Waals surface area contributed by atoms with Crippen molar-refractivity contribution in [3.63, 3.8) is 0 Å². The van der Waals surface area contributed by atoms with E-state index in [0.717, 1.165) is 0 Å². The molecule has 2 aromatic carbocycles. The van der Waals surface area contributed by atoms with Gasteiger partial charge in [0.25, 0.3) is 5.91 Å². The summed E-state index contributed by atoms with van der Waals surface area (Å²) < 4.78 is 31.6. The molecule has 0 saturated heterocycles. The normalized spacial score (nSPS) is 11.1. The highest BCUT2D eigenvalue weighted by Crippen LogP contribution is 2.22. The third kappa shape index (κ3) is 4.70. The van der Waals surface area contributed by atoms with Gasteiger partial charge in [0, 0.05) is 18.1 Å². The quantitative estimate of drug-likeness (QED) is 0.732. The second kappa shape index (κ2) is 8.14. The van der Waals surface area contributed by atoms with Crippen molar-refractivity contribution >= 4 is 27.5 Å². The van der Waals surface area contributed by atoms with Gasteiger partial charge in [-0.2, -0.15) is 0 Å². The van der Waals surface area contributed by atoms with E-state index in [1.54, 1.807) is 30.3 Å². The van der Waals surface area contributed by atoms with Gasteiger partial charge >= 0.3 is 0 Å². The van der Waals surface area contributed by atoms with Crippen LogP contribution in [0.25, 0.3) is 0 Å². The molecule has 128 valence electrons. The lowest BCUT2D eigenvalue weighted by Crippen LogP contribution is -2.34. The standard InChI is InChI=1S/C16H17ClN2O4S/c1-23-15-8-7-12(17)11-14(15)16(20)18-9-10-19-24(21,22)13-5-3-2-4-6-13/h2-8,11,19H,9-10H2,1H3,(H,18,20). The average Bonchev–Trinajstić information content (AvgIpc) is 2.59. The molecule has 2 aromatic rings. The van der Waals surface area contributed by atoms with Crippen molar-refractivity contribution in [2.75, 3.05) is 20.2 Å². The van der Waals surface area contributed by atoms with Crippen LogP contribution in [0.15, 0.2) is 53.4 Å². The van der Waals surface area contributed by atoms with Gasteiger partial charge in [-0.15, -0.1) is 0 Å². The van der Waals surface area contributed by atoms with Crippen LogP contribution < -0.4 is 14.8 Å². The smallest absolute Gasteiger partial charge is 0.255 e. The van der Waals surface area contributed by atoms with Gasteiger partial charge in [-0.3, -0.25) is 4.79 Å². The predicted molar refractivity (Wildman–Crippen MR) is 92.0 cm³/mol. The van der Waals surface area contributed by atoms with Crippen molar-refractivity contribution in [1.82, 2.24) is 10.0 Å². The van der Waals surface area contributed by atoms with Gasteiger partial charge in [0.15, 0.2) is 0 Å². The minimum Gasteiger partial charge on any atom is -0.496 e. The molecule has 0 bridgehead atoms. The number of nitrogens with one attached hydrogen (secondary N) is 2. The van der Waals surface area contributed by atoms with Crippen molar-refractivity contribution in [2.24, 2.45) is 0 Å². The Kier molecular flexibility index (Phi) is 6.19. The Bertz CT molecular complexity index is 810. The van der Waals surface area contributed by atoms with E-state index in [2.05, 4.69) is 10.0 Å². The van der Waals surface area contributed by atoms with Crippen LogP contribution in [-0.2, 0) is 10.0 Å². The van der Waals surface area contributed by atoms with Gasteiger partial charge < -0.3 is 10.1 Å². The summed E-state index contributed by atoms with van der Waals surface area (Å²) in [5.41, 5.74) is 0.288. The molecule has 0 fully saturated rings. The second-order valence-corrected chi connectivity index (χ2v) is 7.01. The molecule has 1 amide bonds. The molecule has 24 heavy (non-hydrogen) atoms. The summed E-state index contributed by atoms with van der Waals surface area (Å²) in [6.07, 6.45) is 0. The molecule has 2 rings (SSSR count). The zero-order valence-electron chi connectivity index (χ0n) is 13.0. The molecule has 6 nitrogen and oxygen atoms in total. The molecule has 0 aliphatic carbocycles. The SMILES string of the molecule is COc1ccc(Cl)cc1C(=O)NCCNS(=O)(=O)c1ccccc1. The Balaban J connectivity index is 1.91. The molecular formula is C16H17ClN2O4S. The summed E-state index contributed by atoms with van der Waals surface area (Å²) in [5, 5.41) is 3.03. The lowest BCUT2D eigenvalue weighted by Gasteiger charge is -2.10. The van der Waals surface area contributed by atoms with E-state index >= 15 is 0 Å². The van der Waals surface area contributed by atoms with Crippen LogP contribution in [0.3, 0.4) is 0 Å². The zero-order chi connectivity index (χ0) is 17.6. The molecular weight excluding hydrogens is 352 g/mol. The van der Waals surface area contributed by atoms with Crippen LogP contribution in [-0.4, -0.2) is 34.5 Å². The van der Waals surface area contributed by atoms with Crippen molar-refractivity contribution in [2.45, 2.75) is 4.90 Å². The maximum atomic E-state index is 12.1. The molecule has 0 radical (unpaired) electrons. The summed E-state index contributed by atoms with van der Waals surface area (Å²) in [6, 6.07) is 12.7. The largest absolute Gasteiger partial charge is 0.496 e. The Morgan fingerprint density at radius 2 is 1.83 bits per heavy atom. The Morgan fingerprint density at radius 1 is 1.12 bits per heavy atom. The van der Waals surface area contributed by atoms with Gasteiger partial charge in [0.05, 0.1) is 17.6 Å². The number of hydrogen-bond donors (Lipinski definition) is 2. The van der Waals surface area contributed by atoms with Crippen molar-refractivity contribution in [3.8, 4) is 5.75 Å². The van der Waals surface area contributed by atoms with Crippen molar-refractivity contribution in [3.05, 3.63) is 59.1 Å². The maximum absolute atomic E-state index is 12.1. The Morgan fingerprint density at radius 3 is 2.50 bits per heavy atom. The van der Waals surface area contributed by atoms with E-state index in [0.29, 0.717) is 10.8 Å². The van der Waals surface area contributed by atoms with Gasteiger partial charge in [-0.1, -0.05) is 29.8 Å². The Labute approximate surface area is 145 Å².